The van der Waals surface area contributed by atoms with E-state index in [-0.39, 0.29) is 114 Å². The van der Waals surface area contributed by atoms with E-state index in [1.807, 2.05) is 0 Å². The monoisotopic (exact) mass is 312 g/mol. The Hall–Kier alpha value is 3.43. The first-order valence-electron chi connectivity index (χ1n) is 0.783. The van der Waals surface area contributed by atoms with Gasteiger partial charge in [-0.2, -0.15) is 0 Å². The summed E-state index contributed by atoms with van der Waals surface area (Å²) in [7, 11) is -4.64. The topological polar surface area (TPSA) is 109 Å². The van der Waals surface area contributed by atoms with Crippen LogP contribution in [0.1, 0.15) is 5.71 Å². The average Bonchev–Trinajstić information content (AvgIpc) is 0.722. The van der Waals surface area contributed by atoms with Crippen molar-refractivity contribution in [3.05, 3.63) is 0 Å². The van der Waals surface area contributed by atoms with Gasteiger partial charge in [0.2, 0.25) is 0 Å². The molecule has 0 amide bonds. The van der Waals surface area contributed by atoms with Crippen LogP contribution in [-0.4, -0.2) is 103 Å². The molecule has 50 valence electrons. The smallest absolute Gasteiger partial charge is 1.00 e. The van der Waals surface area contributed by atoms with Crippen LogP contribution in [-0.2, 0) is 24.0 Å². The van der Waals surface area contributed by atoms with E-state index in [1.165, 1.54) is 0 Å². The summed E-state index contributed by atoms with van der Waals surface area (Å²) in [4.78, 5) is 21.6. The van der Waals surface area contributed by atoms with Gasteiger partial charge in [-0.25, -0.2) is 4.57 Å². The fourth-order valence-corrected chi connectivity index (χ4v) is 0. The molecule has 0 aliphatic carbocycles. The summed E-state index contributed by atoms with van der Waals surface area (Å²) in [6.45, 7) is 0. The summed E-state index contributed by atoms with van der Waals surface area (Å²) in [5.74, 6) is 0. The van der Waals surface area contributed by atoms with Crippen LogP contribution in [0.15, 0.2) is 0 Å². The molecule has 0 saturated carbocycles. The van der Waals surface area contributed by atoms with Crippen LogP contribution in [0.25, 0.3) is 0 Å². The van der Waals surface area contributed by atoms with Crippen molar-refractivity contribution in [3.63, 3.8) is 0 Å². The third-order valence-electron chi connectivity index (χ3n) is 0. The van der Waals surface area contributed by atoms with Crippen LogP contribution in [0.3, 0.4) is 0 Å². The van der Waals surface area contributed by atoms with Crippen molar-refractivity contribution >= 4 is 91.0 Å². The van der Waals surface area contributed by atoms with E-state index in [0.717, 1.165) is 0 Å². The summed E-state index contributed by atoms with van der Waals surface area (Å²) in [6, 6.07) is 0. The molecule has 0 bridgehead atoms. The van der Waals surface area contributed by atoms with Gasteiger partial charge in [0, 0.05) is 19.5 Å². The summed E-state index contributed by atoms with van der Waals surface area (Å²) in [5.41, 5.74) is 0. The molecule has 9 heteroatoms. The van der Waals surface area contributed by atoms with Crippen molar-refractivity contribution in [1.29, 1.82) is 0 Å². The third-order valence-corrected chi connectivity index (χ3v) is 0. The molecule has 9 heavy (non-hydrogen) atoms. The van der Waals surface area contributed by atoms with Crippen molar-refractivity contribution in [1.82, 2.24) is 0 Å². The molecule has 0 heterocycles. The fraction of sp³-hybridized carbons (Fsp3) is 0. The van der Waals surface area contributed by atoms with Crippen molar-refractivity contribution in [2.75, 3.05) is 0 Å². The second-order valence-electron chi connectivity index (χ2n) is 0.513. The Labute approximate surface area is 138 Å². The van der Waals surface area contributed by atoms with E-state index < -0.39 is 7.82 Å². The van der Waals surface area contributed by atoms with E-state index in [9.17, 15) is 0 Å². The third kappa shape index (κ3) is 86.3. The Morgan fingerprint density at radius 2 is 1.22 bits per heavy atom. The normalized spacial score (nSPS) is 6.56. The van der Waals surface area contributed by atoms with Gasteiger partial charge in [0.1, 0.15) is 0 Å². The summed E-state index contributed by atoms with van der Waals surface area (Å²) < 4.78 is 8.88. The molecule has 0 spiro atoms. The van der Waals surface area contributed by atoms with Gasteiger partial charge < -0.3 is 25.9 Å². The Balaban J connectivity index is -0.00000000286. The average molecular weight is 313 g/mol. The van der Waals surface area contributed by atoms with Crippen LogP contribution in [0, 0.1) is 0 Å². The molecule has 0 aromatic carbocycles. The van der Waals surface area contributed by atoms with E-state index in [0.29, 0.717) is 0 Å². The van der Waals surface area contributed by atoms with Crippen LogP contribution < -0.4 is 0 Å². The minimum Gasteiger partial charge on any atom is -1.00 e. The van der Waals surface area contributed by atoms with E-state index in [1.54, 1.807) is 0 Å². The zero-order valence-corrected chi connectivity index (χ0v) is 14.4. The van der Waals surface area contributed by atoms with Gasteiger partial charge in [-0.1, -0.05) is 0 Å². The van der Waals surface area contributed by atoms with Crippen molar-refractivity contribution < 1.29 is 49.9 Å². The van der Waals surface area contributed by atoms with Crippen LogP contribution >= 0.6 is 7.82 Å². The molecule has 5 nitrogen and oxygen atoms in total. The maximum absolute atomic E-state index is 8.88. The quantitative estimate of drug-likeness (QED) is 0.353. The van der Waals surface area contributed by atoms with E-state index in [4.69, 9.17) is 19.2 Å². The second-order valence-corrected chi connectivity index (χ2v) is 1.54. The van der Waals surface area contributed by atoms with Crippen molar-refractivity contribution in [2.24, 2.45) is 0 Å². The minimum absolute atomic E-state index is 0. The van der Waals surface area contributed by atoms with Crippen LogP contribution in [0.2, 0.25) is 0 Å². The SMILES string of the molecule is O.O=P(O)(O)O.[Ca+2].[H-].[H-].[H-].[H-].[Sr+2].[Zn]. The molecule has 0 saturated heterocycles. The number of hydrogen-bond donors (Lipinski definition) is 3. The molecular formula is H9CaO5PSrZn. The summed E-state index contributed by atoms with van der Waals surface area (Å²) >= 11 is 0. The van der Waals surface area contributed by atoms with Gasteiger partial charge in [0.15, 0.2) is 0 Å². The molecule has 0 aliphatic rings. The number of hydrogen-bond acceptors (Lipinski definition) is 1. The van der Waals surface area contributed by atoms with E-state index >= 15 is 0 Å². The van der Waals surface area contributed by atoms with E-state index in [2.05, 4.69) is 0 Å². The summed E-state index contributed by atoms with van der Waals surface area (Å²) in [5, 5.41) is 0. The maximum Gasteiger partial charge on any atom is 2.00 e. The second kappa shape index (κ2) is 14.0. The largest absolute Gasteiger partial charge is 2.00 e. The molecule has 0 aromatic rings. The Morgan fingerprint density at radius 3 is 1.22 bits per heavy atom. The Morgan fingerprint density at radius 1 is 1.22 bits per heavy atom. The van der Waals surface area contributed by atoms with Crippen LogP contribution in [0.4, 0.5) is 0 Å². The molecule has 0 fully saturated rings. The first-order chi connectivity index (χ1) is 2.00. The maximum atomic E-state index is 8.88. The van der Waals surface area contributed by atoms with Crippen molar-refractivity contribution in [2.45, 2.75) is 0 Å². The number of phosphoric acid groups is 1. The fourth-order valence-electron chi connectivity index (χ4n) is 0. The molecular weight excluding hydrogens is 304 g/mol. The first-order valence-corrected chi connectivity index (χ1v) is 2.35. The number of rotatable bonds is 0. The molecule has 0 aromatic heterocycles. The van der Waals surface area contributed by atoms with Gasteiger partial charge in [0.05, 0.1) is 0 Å². The predicted molar refractivity (Wildman–Crippen MR) is 33.8 cm³/mol. The molecule has 5 N–H and O–H groups in total. The molecule has 0 rings (SSSR count). The molecule has 0 aliphatic heterocycles. The zero-order valence-electron chi connectivity index (χ0n) is 8.82. The van der Waals surface area contributed by atoms with Gasteiger partial charge >= 0.3 is 91.0 Å². The zero-order chi connectivity index (χ0) is 4.50. The standard InChI is InChI=1S/Ca.H3O4P.H2O.Sr.Zn.4H/c;1-5(2,3)4;;;;;;;/h;(H3,1,2,3,4);1H2;;;;;;/q+2;;;+2;;4*-1. The predicted octanol–water partition coefficient (Wildman–Crippen LogP) is -2.07. The van der Waals surface area contributed by atoms with Gasteiger partial charge in [-0.05, 0) is 0 Å². The molecule has 0 atom stereocenters. The molecule has 0 unspecified atom stereocenters. The Kier molecular flexibility index (Phi) is 45.7. The van der Waals surface area contributed by atoms with Gasteiger partial charge in [-0.15, -0.1) is 0 Å². The minimum atomic E-state index is -4.64. The van der Waals surface area contributed by atoms with Crippen LogP contribution in [0.5, 0.6) is 0 Å². The first kappa shape index (κ1) is 29.4. The van der Waals surface area contributed by atoms with Gasteiger partial charge in [0.25, 0.3) is 0 Å². The Bertz CT molecular complexity index is 74.7. The summed E-state index contributed by atoms with van der Waals surface area (Å²) in [6.07, 6.45) is 0. The van der Waals surface area contributed by atoms with Gasteiger partial charge in [-0.3, -0.25) is 0 Å². The van der Waals surface area contributed by atoms with Crippen molar-refractivity contribution in [3.8, 4) is 0 Å². The molecule has 0 radical (unpaired) electrons.